The van der Waals surface area contributed by atoms with Crippen LogP contribution in [0.4, 0.5) is 0 Å². The van der Waals surface area contributed by atoms with Crippen molar-refractivity contribution >= 4 is 13.3 Å². The maximum absolute atomic E-state index is 5.77. The molecule has 1 heteroatoms. The quantitative estimate of drug-likeness (QED) is 0.496. The predicted octanol–water partition coefficient (Wildman–Crippen LogP) is 3.08. The van der Waals surface area contributed by atoms with E-state index in [2.05, 4.69) is 36.4 Å². The molecule has 1 aliphatic rings. The Hall–Kier alpha value is -1.50. The predicted molar refractivity (Wildman–Crippen MR) is 71.4 cm³/mol. The number of hydrogen-bond acceptors (Lipinski definition) is 0. The Morgan fingerprint density at radius 2 is 1.56 bits per heavy atom. The Bertz CT molecular complexity index is 501. The van der Waals surface area contributed by atoms with Crippen LogP contribution < -0.4 is 5.46 Å². The fourth-order valence-electron chi connectivity index (χ4n) is 2.17. The maximum Gasteiger partial charge on any atom is 0.113 e. The molecule has 16 heavy (non-hydrogen) atoms. The summed E-state index contributed by atoms with van der Waals surface area (Å²) in [7, 11) is 5.77. The number of benzene rings is 2. The van der Waals surface area contributed by atoms with Crippen molar-refractivity contribution in [3.05, 3.63) is 53.6 Å². The van der Waals surface area contributed by atoms with Crippen LogP contribution in [0.5, 0.6) is 0 Å². The van der Waals surface area contributed by atoms with Gasteiger partial charge in [0.15, 0.2) is 0 Å². The minimum Gasteiger partial charge on any atom is -0.0963 e. The van der Waals surface area contributed by atoms with Crippen LogP contribution in [-0.4, -0.2) is 7.85 Å². The molecule has 0 fully saturated rings. The van der Waals surface area contributed by atoms with Crippen molar-refractivity contribution in [3.8, 4) is 11.1 Å². The summed E-state index contributed by atoms with van der Waals surface area (Å²) in [5, 5.41) is 0. The lowest BCUT2D eigenvalue weighted by Gasteiger charge is -2.00. The van der Waals surface area contributed by atoms with Crippen LogP contribution in [0.15, 0.2) is 42.5 Å². The molecule has 78 valence electrons. The molecular formula is C15H15B. The Morgan fingerprint density at radius 1 is 0.875 bits per heavy atom. The second kappa shape index (κ2) is 4.57. The molecule has 2 radical (unpaired) electrons. The van der Waals surface area contributed by atoms with E-state index in [9.17, 15) is 0 Å². The SMILES string of the molecule is CC.[B]c1ccc2c(c1)Cc1ccccc1-2. The normalized spacial score (nSPS) is 11.1. The number of rotatable bonds is 0. The molecule has 2 aromatic rings. The third-order valence-corrected chi connectivity index (χ3v) is 2.82. The van der Waals surface area contributed by atoms with Crippen molar-refractivity contribution in [1.29, 1.82) is 0 Å². The van der Waals surface area contributed by atoms with Gasteiger partial charge in [-0.05, 0) is 28.7 Å². The van der Waals surface area contributed by atoms with Crippen LogP contribution in [0.2, 0.25) is 0 Å². The largest absolute Gasteiger partial charge is 0.113 e. The summed E-state index contributed by atoms with van der Waals surface area (Å²) in [6.45, 7) is 4.00. The fourth-order valence-corrected chi connectivity index (χ4v) is 2.17. The van der Waals surface area contributed by atoms with E-state index in [1.54, 1.807) is 0 Å². The van der Waals surface area contributed by atoms with Crippen molar-refractivity contribution in [2.45, 2.75) is 20.3 Å². The Balaban J connectivity index is 0.000000457. The zero-order chi connectivity index (χ0) is 11.5. The molecule has 3 rings (SSSR count). The lowest BCUT2D eigenvalue weighted by molar-refractivity contribution is 1.27. The standard InChI is InChI=1S/C13H9B.C2H6/c14-11-5-6-13-10(8-11)7-9-3-1-2-4-12(9)13;1-2/h1-6,8H,7H2;1-2H3. The number of fused-ring (bicyclic) bond motifs is 3. The van der Waals surface area contributed by atoms with Crippen molar-refractivity contribution in [2.24, 2.45) is 0 Å². The van der Waals surface area contributed by atoms with E-state index in [4.69, 9.17) is 7.85 Å². The van der Waals surface area contributed by atoms with E-state index >= 15 is 0 Å². The van der Waals surface area contributed by atoms with Gasteiger partial charge in [-0.3, -0.25) is 0 Å². The molecule has 0 atom stereocenters. The highest BCUT2D eigenvalue weighted by atomic mass is 14.2. The van der Waals surface area contributed by atoms with Gasteiger partial charge < -0.3 is 0 Å². The Labute approximate surface area is 98.7 Å². The van der Waals surface area contributed by atoms with Crippen LogP contribution >= 0.6 is 0 Å². The van der Waals surface area contributed by atoms with Crippen molar-refractivity contribution in [3.63, 3.8) is 0 Å². The van der Waals surface area contributed by atoms with Crippen molar-refractivity contribution in [1.82, 2.24) is 0 Å². The molecule has 0 saturated heterocycles. The van der Waals surface area contributed by atoms with Gasteiger partial charge in [0.05, 0.1) is 0 Å². The van der Waals surface area contributed by atoms with Gasteiger partial charge >= 0.3 is 0 Å². The van der Waals surface area contributed by atoms with E-state index in [0.29, 0.717) is 0 Å². The van der Waals surface area contributed by atoms with Crippen molar-refractivity contribution in [2.75, 3.05) is 0 Å². The fraction of sp³-hybridized carbons (Fsp3) is 0.200. The third kappa shape index (κ3) is 1.78. The molecule has 0 spiro atoms. The van der Waals surface area contributed by atoms with Crippen LogP contribution in [0.25, 0.3) is 11.1 Å². The molecule has 0 aliphatic heterocycles. The number of hydrogen-bond donors (Lipinski definition) is 0. The van der Waals surface area contributed by atoms with E-state index in [-0.39, 0.29) is 0 Å². The molecule has 1 aliphatic carbocycles. The molecule has 0 amide bonds. The molecule has 0 N–H and O–H groups in total. The van der Waals surface area contributed by atoms with E-state index in [1.165, 1.54) is 22.3 Å². The zero-order valence-corrected chi connectivity index (χ0v) is 9.83. The molecule has 0 saturated carbocycles. The van der Waals surface area contributed by atoms with Gasteiger partial charge in [0.25, 0.3) is 0 Å². The first-order valence-electron chi connectivity index (χ1n) is 5.81. The van der Waals surface area contributed by atoms with E-state index < -0.39 is 0 Å². The molecule has 0 bridgehead atoms. The third-order valence-electron chi connectivity index (χ3n) is 2.82. The van der Waals surface area contributed by atoms with Gasteiger partial charge in [0.1, 0.15) is 7.85 Å². The van der Waals surface area contributed by atoms with Gasteiger partial charge in [0.2, 0.25) is 0 Å². The first-order chi connectivity index (χ1) is 7.84. The van der Waals surface area contributed by atoms with Crippen LogP contribution in [0, 0.1) is 0 Å². The monoisotopic (exact) mass is 206 g/mol. The lowest BCUT2D eigenvalue weighted by Crippen LogP contribution is -2.01. The summed E-state index contributed by atoms with van der Waals surface area (Å²) in [4.78, 5) is 0. The summed E-state index contributed by atoms with van der Waals surface area (Å²) < 4.78 is 0. The molecule has 0 aromatic heterocycles. The zero-order valence-electron chi connectivity index (χ0n) is 9.83. The summed E-state index contributed by atoms with van der Waals surface area (Å²) in [6, 6.07) is 14.7. The minimum absolute atomic E-state index is 0.858. The first kappa shape index (κ1) is 11.0. The summed E-state index contributed by atoms with van der Waals surface area (Å²) >= 11 is 0. The molecule has 2 aromatic carbocycles. The highest BCUT2D eigenvalue weighted by molar-refractivity contribution is 6.32. The molecule has 0 heterocycles. The van der Waals surface area contributed by atoms with Gasteiger partial charge in [-0.15, -0.1) is 0 Å². The van der Waals surface area contributed by atoms with E-state index in [0.717, 1.165) is 11.9 Å². The molecule has 0 nitrogen and oxygen atoms in total. The maximum atomic E-state index is 5.77. The lowest BCUT2D eigenvalue weighted by atomic mass is 9.92. The van der Waals surface area contributed by atoms with Crippen LogP contribution in [-0.2, 0) is 6.42 Å². The summed E-state index contributed by atoms with van der Waals surface area (Å²) in [6.07, 6.45) is 1.02. The highest BCUT2D eigenvalue weighted by Gasteiger charge is 2.16. The van der Waals surface area contributed by atoms with Gasteiger partial charge in [-0.1, -0.05) is 61.8 Å². The van der Waals surface area contributed by atoms with E-state index in [1.807, 2.05) is 19.9 Å². The van der Waals surface area contributed by atoms with Gasteiger partial charge in [-0.25, -0.2) is 0 Å². The average molecular weight is 206 g/mol. The van der Waals surface area contributed by atoms with Gasteiger partial charge in [0, 0.05) is 0 Å². The Morgan fingerprint density at radius 3 is 2.38 bits per heavy atom. The molecular weight excluding hydrogens is 191 g/mol. The second-order valence-corrected chi connectivity index (χ2v) is 3.75. The average Bonchev–Trinajstić information content (AvgIpc) is 2.68. The summed E-state index contributed by atoms with van der Waals surface area (Å²) in [5.74, 6) is 0. The highest BCUT2D eigenvalue weighted by Crippen LogP contribution is 2.35. The first-order valence-corrected chi connectivity index (χ1v) is 5.81. The molecule has 0 unspecified atom stereocenters. The minimum atomic E-state index is 0.858. The van der Waals surface area contributed by atoms with Crippen molar-refractivity contribution < 1.29 is 0 Å². The summed E-state index contributed by atoms with van der Waals surface area (Å²) in [5.41, 5.74) is 6.33. The smallest absolute Gasteiger partial charge is 0.0963 e. The van der Waals surface area contributed by atoms with Crippen LogP contribution in [0.1, 0.15) is 25.0 Å². The second-order valence-electron chi connectivity index (χ2n) is 3.75. The van der Waals surface area contributed by atoms with Crippen LogP contribution in [0.3, 0.4) is 0 Å². The Kier molecular flexibility index (Phi) is 3.14. The topological polar surface area (TPSA) is 0 Å². The van der Waals surface area contributed by atoms with Gasteiger partial charge in [-0.2, -0.15) is 0 Å².